The number of nitrogens with zero attached hydrogens (tertiary/aromatic N) is 1. The summed E-state index contributed by atoms with van der Waals surface area (Å²) in [6.07, 6.45) is 0. The van der Waals surface area contributed by atoms with Gasteiger partial charge in [-0.15, -0.1) is 11.6 Å². The maximum atomic E-state index is 5.49. The van der Waals surface area contributed by atoms with Crippen LogP contribution in [0, 0.1) is 0 Å². The molecule has 0 spiro atoms. The van der Waals surface area contributed by atoms with Gasteiger partial charge in [-0.05, 0) is 13.1 Å². The van der Waals surface area contributed by atoms with Gasteiger partial charge in [0.15, 0.2) is 0 Å². The van der Waals surface area contributed by atoms with Gasteiger partial charge < -0.3 is 0 Å². The van der Waals surface area contributed by atoms with Crippen LogP contribution in [0.3, 0.4) is 0 Å². The normalized spacial score (nSPS) is 10.3. The minimum atomic E-state index is 0.660. The first kappa shape index (κ1) is 7.25. The number of rotatable bonds is 3. The molecule has 0 aromatic carbocycles. The standard InChI is InChI=1S/C5H12ClN/c1-3-7(4-2)5-6/h3-5H2,1-2H3. The van der Waals surface area contributed by atoms with Crippen LogP contribution in [0.5, 0.6) is 0 Å². The molecule has 0 bridgehead atoms. The van der Waals surface area contributed by atoms with E-state index in [1.54, 1.807) is 0 Å². The second-order valence-corrected chi connectivity index (χ2v) is 1.66. The maximum absolute atomic E-state index is 5.49. The van der Waals surface area contributed by atoms with Crippen molar-refractivity contribution in [2.75, 3.05) is 19.1 Å². The lowest BCUT2D eigenvalue weighted by Gasteiger charge is -2.11. The average Bonchev–Trinajstić information content (AvgIpc) is 1.72. The van der Waals surface area contributed by atoms with Crippen LogP contribution in [-0.2, 0) is 0 Å². The summed E-state index contributed by atoms with van der Waals surface area (Å²) >= 11 is 5.49. The summed E-state index contributed by atoms with van der Waals surface area (Å²) in [6.45, 7) is 6.32. The first-order chi connectivity index (χ1) is 3.35. The molecule has 0 aliphatic rings. The third-order valence-electron chi connectivity index (χ3n) is 1.06. The van der Waals surface area contributed by atoms with Gasteiger partial charge in [0.25, 0.3) is 0 Å². The third kappa shape index (κ3) is 2.89. The molecule has 2 heteroatoms. The molecule has 7 heavy (non-hydrogen) atoms. The van der Waals surface area contributed by atoms with E-state index in [9.17, 15) is 0 Å². The van der Waals surface area contributed by atoms with Crippen molar-refractivity contribution < 1.29 is 0 Å². The molecule has 0 atom stereocenters. The smallest absolute Gasteiger partial charge is 0.0738 e. The Labute approximate surface area is 50.3 Å². The van der Waals surface area contributed by atoms with Gasteiger partial charge in [-0.1, -0.05) is 13.8 Å². The lowest BCUT2D eigenvalue weighted by Crippen LogP contribution is -2.20. The molecular formula is C5H12ClN. The van der Waals surface area contributed by atoms with Crippen LogP contribution in [-0.4, -0.2) is 24.0 Å². The van der Waals surface area contributed by atoms with Crippen molar-refractivity contribution in [3.63, 3.8) is 0 Å². The van der Waals surface area contributed by atoms with E-state index in [0.29, 0.717) is 6.00 Å². The highest BCUT2D eigenvalue weighted by Crippen LogP contribution is 1.86. The highest BCUT2D eigenvalue weighted by Gasteiger charge is 1.90. The van der Waals surface area contributed by atoms with Crippen LogP contribution in [0.1, 0.15) is 13.8 Å². The molecule has 0 amide bonds. The fourth-order valence-corrected chi connectivity index (χ4v) is 0.731. The molecule has 0 radical (unpaired) electrons. The zero-order valence-corrected chi connectivity index (χ0v) is 5.70. The van der Waals surface area contributed by atoms with Crippen molar-refractivity contribution in [3.05, 3.63) is 0 Å². The zero-order valence-electron chi connectivity index (χ0n) is 4.95. The molecule has 0 saturated carbocycles. The first-order valence-electron chi connectivity index (χ1n) is 2.63. The first-order valence-corrected chi connectivity index (χ1v) is 3.16. The number of hydrogen-bond donors (Lipinski definition) is 0. The summed E-state index contributed by atoms with van der Waals surface area (Å²) in [6, 6.07) is 0.660. The molecule has 0 heterocycles. The van der Waals surface area contributed by atoms with Gasteiger partial charge >= 0.3 is 0 Å². The lowest BCUT2D eigenvalue weighted by atomic mass is 10.6. The van der Waals surface area contributed by atoms with Crippen LogP contribution >= 0.6 is 11.6 Å². The van der Waals surface area contributed by atoms with E-state index in [4.69, 9.17) is 11.6 Å². The van der Waals surface area contributed by atoms with Crippen molar-refractivity contribution >= 4 is 11.6 Å². The van der Waals surface area contributed by atoms with E-state index in [-0.39, 0.29) is 0 Å². The second-order valence-electron chi connectivity index (χ2n) is 1.42. The Morgan fingerprint density at radius 3 is 1.71 bits per heavy atom. The fraction of sp³-hybridized carbons (Fsp3) is 1.00. The van der Waals surface area contributed by atoms with E-state index >= 15 is 0 Å². The second kappa shape index (κ2) is 4.41. The predicted molar refractivity (Wildman–Crippen MR) is 33.6 cm³/mol. The molecule has 0 aromatic rings. The molecule has 0 aromatic heterocycles. The molecule has 0 aliphatic heterocycles. The molecular weight excluding hydrogens is 110 g/mol. The molecule has 0 saturated heterocycles. The monoisotopic (exact) mass is 121 g/mol. The van der Waals surface area contributed by atoms with Crippen LogP contribution < -0.4 is 0 Å². The molecule has 0 fully saturated rings. The summed E-state index contributed by atoms with van der Waals surface area (Å²) in [5.74, 6) is 0. The lowest BCUT2D eigenvalue weighted by molar-refractivity contribution is 0.355. The SMILES string of the molecule is CCN(CC)CCl. The fourth-order valence-electron chi connectivity index (χ4n) is 0.393. The van der Waals surface area contributed by atoms with Gasteiger partial charge in [-0.25, -0.2) is 0 Å². The quantitative estimate of drug-likeness (QED) is 0.404. The van der Waals surface area contributed by atoms with Crippen molar-refractivity contribution in [1.82, 2.24) is 4.90 Å². The van der Waals surface area contributed by atoms with Gasteiger partial charge in [0, 0.05) is 0 Å². The van der Waals surface area contributed by atoms with E-state index in [1.807, 2.05) is 0 Å². The molecule has 0 aliphatic carbocycles. The summed E-state index contributed by atoms with van der Waals surface area (Å²) < 4.78 is 0. The van der Waals surface area contributed by atoms with Gasteiger partial charge in [0.05, 0.1) is 6.00 Å². The predicted octanol–water partition coefficient (Wildman–Crippen LogP) is 1.52. The van der Waals surface area contributed by atoms with Crippen molar-refractivity contribution in [1.29, 1.82) is 0 Å². The van der Waals surface area contributed by atoms with Crippen molar-refractivity contribution in [2.24, 2.45) is 0 Å². The largest absolute Gasteiger partial charge is 0.291 e. The number of halogens is 1. The molecule has 0 N–H and O–H groups in total. The zero-order chi connectivity index (χ0) is 5.70. The van der Waals surface area contributed by atoms with E-state index in [2.05, 4.69) is 18.7 Å². The Morgan fingerprint density at radius 2 is 1.71 bits per heavy atom. The van der Waals surface area contributed by atoms with E-state index in [0.717, 1.165) is 13.1 Å². The average molecular weight is 122 g/mol. The highest BCUT2D eigenvalue weighted by molar-refractivity contribution is 6.17. The Balaban J connectivity index is 2.99. The minimum absolute atomic E-state index is 0.660. The minimum Gasteiger partial charge on any atom is -0.291 e. The molecule has 1 nitrogen and oxygen atoms in total. The van der Waals surface area contributed by atoms with Crippen LogP contribution in [0.4, 0.5) is 0 Å². The van der Waals surface area contributed by atoms with E-state index in [1.165, 1.54) is 0 Å². The summed E-state index contributed by atoms with van der Waals surface area (Å²) in [7, 11) is 0. The van der Waals surface area contributed by atoms with Crippen LogP contribution in [0.2, 0.25) is 0 Å². The van der Waals surface area contributed by atoms with Crippen molar-refractivity contribution in [3.8, 4) is 0 Å². The number of hydrogen-bond acceptors (Lipinski definition) is 1. The number of alkyl halides is 1. The van der Waals surface area contributed by atoms with Gasteiger partial charge in [-0.3, -0.25) is 4.90 Å². The van der Waals surface area contributed by atoms with Crippen molar-refractivity contribution in [2.45, 2.75) is 13.8 Å². The topological polar surface area (TPSA) is 3.24 Å². The Bertz CT molecular complexity index is 29.6. The highest BCUT2D eigenvalue weighted by atomic mass is 35.5. The summed E-state index contributed by atoms with van der Waals surface area (Å²) in [5, 5.41) is 0. The Kier molecular flexibility index (Phi) is 4.57. The van der Waals surface area contributed by atoms with E-state index < -0.39 is 0 Å². The molecule has 44 valence electrons. The van der Waals surface area contributed by atoms with Crippen LogP contribution in [0.25, 0.3) is 0 Å². The molecule has 0 unspecified atom stereocenters. The third-order valence-corrected chi connectivity index (χ3v) is 1.40. The molecule has 0 rings (SSSR count). The van der Waals surface area contributed by atoms with Crippen LogP contribution in [0.15, 0.2) is 0 Å². The maximum Gasteiger partial charge on any atom is 0.0738 e. The van der Waals surface area contributed by atoms with Gasteiger partial charge in [0.1, 0.15) is 0 Å². The Hall–Kier alpha value is 0.250. The van der Waals surface area contributed by atoms with Gasteiger partial charge in [0.2, 0.25) is 0 Å². The Morgan fingerprint density at radius 1 is 1.29 bits per heavy atom. The summed E-state index contributed by atoms with van der Waals surface area (Å²) in [5.41, 5.74) is 0. The summed E-state index contributed by atoms with van der Waals surface area (Å²) in [4.78, 5) is 2.14. The van der Waals surface area contributed by atoms with Gasteiger partial charge in [-0.2, -0.15) is 0 Å².